The molecule has 1 amide bonds. The van der Waals surface area contributed by atoms with Gasteiger partial charge in [-0.15, -0.1) is 0 Å². The molecular weight excluding hydrogens is 314 g/mol. The van der Waals surface area contributed by atoms with E-state index in [0.29, 0.717) is 32.7 Å². The van der Waals surface area contributed by atoms with Gasteiger partial charge in [0.2, 0.25) is 5.91 Å². The lowest BCUT2D eigenvalue weighted by Gasteiger charge is -2.24. The summed E-state index contributed by atoms with van der Waals surface area (Å²) in [5, 5.41) is 0. The van der Waals surface area contributed by atoms with E-state index in [1.165, 1.54) is 0 Å². The molecule has 1 heterocycles. The molecule has 2 aromatic carbocycles. The number of benzene rings is 2. The highest BCUT2D eigenvalue weighted by atomic mass is 16.6. The predicted molar refractivity (Wildman–Crippen MR) is 98.0 cm³/mol. The first-order valence-electron chi connectivity index (χ1n) is 8.88. The third-order valence-electron chi connectivity index (χ3n) is 4.57. The van der Waals surface area contributed by atoms with Crippen LogP contribution in [0, 0.1) is 0 Å². The van der Waals surface area contributed by atoms with Crippen LogP contribution in [0.4, 0.5) is 0 Å². The molecule has 3 rings (SSSR count). The third-order valence-corrected chi connectivity index (χ3v) is 4.57. The molecule has 132 valence electrons. The van der Waals surface area contributed by atoms with Crippen LogP contribution in [0.1, 0.15) is 37.3 Å². The van der Waals surface area contributed by atoms with Crippen LogP contribution in [0.2, 0.25) is 0 Å². The predicted octanol–water partition coefficient (Wildman–Crippen LogP) is 4.00. The Hall–Kier alpha value is -2.49. The molecule has 4 nitrogen and oxygen atoms in total. The van der Waals surface area contributed by atoms with E-state index < -0.39 is 0 Å². The molecule has 25 heavy (non-hydrogen) atoms. The van der Waals surface area contributed by atoms with Gasteiger partial charge >= 0.3 is 0 Å². The standard InChI is InChI=1S/C21H25NO3/c1-3-22(15-17-7-5-4-6-8-17)21(23)13-16(2)18-9-10-19-20(14-18)25-12-11-24-19/h4-10,14,16H,3,11-13,15H2,1-2H3. The largest absolute Gasteiger partial charge is 0.486 e. The Morgan fingerprint density at radius 3 is 2.52 bits per heavy atom. The minimum atomic E-state index is 0.133. The van der Waals surface area contributed by atoms with E-state index in [2.05, 4.69) is 19.1 Å². The summed E-state index contributed by atoms with van der Waals surface area (Å²) in [6.45, 7) is 6.64. The summed E-state index contributed by atoms with van der Waals surface area (Å²) in [4.78, 5) is 14.6. The van der Waals surface area contributed by atoms with E-state index >= 15 is 0 Å². The van der Waals surface area contributed by atoms with Gasteiger partial charge in [0.15, 0.2) is 11.5 Å². The van der Waals surface area contributed by atoms with Crippen LogP contribution in [-0.4, -0.2) is 30.6 Å². The molecule has 0 N–H and O–H groups in total. The molecular formula is C21H25NO3. The molecule has 0 bridgehead atoms. The van der Waals surface area contributed by atoms with E-state index in [1.807, 2.05) is 48.2 Å². The zero-order valence-corrected chi connectivity index (χ0v) is 14.9. The number of hydrogen-bond acceptors (Lipinski definition) is 3. The average Bonchev–Trinajstić information content (AvgIpc) is 2.66. The summed E-state index contributed by atoms with van der Waals surface area (Å²) in [6, 6.07) is 16.1. The lowest BCUT2D eigenvalue weighted by atomic mass is 9.96. The fraction of sp³-hybridized carbons (Fsp3) is 0.381. The Kier molecular flexibility index (Phi) is 5.59. The van der Waals surface area contributed by atoms with Gasteiger partial charge in [-0.3, -0.25) is 4.79 Å². The Morgan fingerprint density at radius 1 is 1.08 bits per heavy atom. The van der Waals surface area contributed by atoms with Crippen LogP contribution in [0.25, 0.3) is 0 Å². The second-order valence-corrected chi connectivity index (χ2v) is 6.40. The van der Waals surface area contributed by atoms with Crippen molar-refractivity contribution in [2.45, 2.75) is 32.7 Å². The van der Waals surface area contributed by atoms with Crippen LogP contribution in [0.5, 0.6) is 11.5 Å². The normalized spacial score (nSPS) is 14.0. The van der Waals surface area contributed by atoms with Crippen molar-refractivity contribution in [2.75, 3.05) is 19.8 Å². The van der Waals surface area contributed by atoms with Gasteiger partial charge in [-0.1, -0.05) is 43.3 Å². The van der Waals surface area contributed by atoms with Crippen LogP contribution < -0.4 is 9.47 Å². The summed E-state index contributed by atoms with van der Waals surface area (Å²) in [5.74, 6) is 1.87. The SMILES string of the molecule is CCN(Cc1ccccc1)C(=O)CC(C)c1ccc2c(c1)OCCO2. The van der Waals surface area contributed by atoms with Crippen molar-refractivity contribution in [1.82, 2.24) is 4.90 Å². The second kappa shape index (κ2) is 8.06. The van der Waals surface area contributed by atoms with Gasteiger partial charge in [0, 0.05) is 19.5 Å². The molecule has 0 fully saturated rings. The summed E-state index contributed by atoms with van der Waals surface area (Å²) in [5.41, 5.74) is 2.26. The van der Waals surface area contributed by atoms with Gasteiger partial charge in [0.1, 0.15) is 13.2 Å². The summed E-state index contributed by atoms with van der Waals surface area (Å²) in [6.07, 6.45) is 0.486. The molecule has 0 aliphatic carbocycles. The van der Waals surface area contributed by atoms with Crippen molar-refractivity contribution in [3.63, 3.8) is 0 Å². The van der Waals surface area contributed by atoms with Crippen LogP contribution in [0.3, 0.4) is 0 Å². The minimum absolute atomic E-state index is 0.133. The van der Waals surface area contributed by atoms with Crippen LogP contribution in [0.15, 0.2) is 48.5 Å². The first kappa shape index (κ1) is 17.3. The molecule has 0 saturated carbocycles. The number of carbonyl (C=O) groups is 1. The molecule has 1 aliphatic rings. The van der Waals surface area contributed by atoms with Crippen molar-refractivity contribution >= 4 is 5.91 Å². The average molecular weight is 339 g/mol. The number of rotatable bonds is 6. The molecule has 1 atom stereocenters. The molecule has 0 spiro atoms. The van der Waals surface area contributed by atoms with Crippen molar-refractivity contribution in [3.05, 3.63) is 59.7 Å². The zero-order chi connectivity index (χ0) is 17.6. The highest BCUT2D eigenvalue weighted by Gasteiger charge is 2.19. The first-order valence-corrected chi connectivity index (χ1v) is 8.88. The number of amides is 1. The molecule has 2 aromatic rings. The van der Waals surface area contributed by atoms with Gasteiger partial charge in [-0.2, -0.15) is 0 Å². The van der Waals surface area contributed by atoms with E-state index in [9.17, 15) is 4.79 Å². The lowest BCUT2D eigenvalue weighted by Crippen LogP contribution is -2.31. The molecule has 4 heteroatoms. The van der Waals surface area contributed by atoms with E-state index in [1.54, 1.807) is 0 Å². The zero-order valence-electron chi connectivity index (χ0n) is 14.9. The number of hydrogen-bond donors (Lipinski definition) is 0. The summed E-state index contributed by atoms with van der Waals surface area (Å²) >= 11 is 0. The van der Waals surface area contributed by atoms with Gasteiger partial charge in [-0.25, -0.2) is 0 Å². The Bertz CT molecular complexity index is 714. The molecule has 0 aromatic heterocycles. The number of ether oxygens (including phenoxy) is 2. The minimum Gasteiger partial charge on any atom is -0.486 e. The summed E-state index contributed by atoms with van der Waals surface area (Å²) in [7, 11) is 0. The topological polar surface area (TPSA) is 38.8 Å². The van der Waals surface area contributed by atoms with E-state index in [-0.39, 0.29) is 11.8 Å². The molecule has 0 saturated heterocycles. The molecule has 1 aliphatic heterocycles. The maximum Gasteiger partial charge on any atom is 0.223 e. The fourth-order valence-electron chi connectivity index (χ4n) is 3.06. The highest BCUT2D eigenvalue weighted by molar-refractivity contribution is 5.77. The lowest BCUT2D eigenvalue weighted by molar-refractivity contribution is -0.131. The van der Waals surface area contributed by atoms with E-state index in [4.69, 9.17) is 9.47 Å². The van der Waals surface area contributed by atoms with Crippen molar-refractivity contribution in [1.29, 1.82) is 0 Å². The number of nitrogens with zero attached hydrogens (tertiary/aromatic N) is 1. The Labute approximate surface area is 149 Å². The Morgan fingerprint density at radius 2 is 1.80 bits per heavy atom. The summed E-state index contributed by atoms with van der Waals surface area (Å²) < 4.78 is 11.2. The van der Waals surface area contributed by atoms with Gasteiger partial charge in [0.25, 0.3) is 0 Å². The monoisotopic (exact) mass is 339 g/mol. The Balaban J connectivity index is 1.64. The van der Waals surface area contributed by atoms with Gasteiger partial charge < -0.3 is 14.4 Å². The van der Waals surface area contributed by atoms with Crippen LogP contribution in [-0.2, 0) is 11.3 Å². The van der Waals surface area contributed by atoms with Gasteiger partial charge in [0.05, 0.1) is 0 Å². The van der Waals surface area contributed by atoms with Gasteiger partial charge in [-0.05, 0) is 36.1 Å². The number of fused-ring (bicyclic) bond motifs is 1. The molecule has 0 radical (unpaired) electrons. The quantitative estimate of drug-likeness (QED) is 0.798. The maximum absolute atomic E-state index is 12.7. The van der Waals surface area contributed by atoms with Crippen molar-refractivity contribution in [3.8, 4) is 11.5 Å². The molecule has 1 unspecified atom stereocenters. The number of carbonyl (C=O) groups excluding carboxylic acids is 1. The maximum atomic E-state index is 12.7. The van der Waals surface area contributed by atoms with E-state index in [0.717, 1.165) is 22.6 Å². The highest BCUT2D eigenvalue weighted by Crippen LogP contribution is 2.34. The fourth-order valence-corrected chi connectivity index (χ4v) is 3.06. The third kappa shape index (κ3) is 4.32. The second-order valence-electron chi connectivity index (χ2n) is 6.40. The smallest absolute Gasteiger partial charge is 0.223 e. The first-order chi connectivity index (χ1) is 12.2. The van der Waals surface area contributed by atoms with Crippen molar-refractivity contribution < 1.29 is 14.3 Å². The van der Waals surface area contributed by atoms with Crippen LogP contribution >= 0.6 is 0 Å². The van der Waals surface area contributed by atoms with Crippen molar-refractivity contribution in [2.24, 2.45) is 0 Å².